The number of ether oxygens (including phenoxy) is 3. The highest BCUT2D eigenvalue weighted by Gasteiger charge is 2.50. The van der Waals surface area contributed by atoms with Crippen molar-refractivity contribution in [2.24, 2.45) is 23.2 Å². The molecule has 8 nitrogen and oxygen atoms in total. The number of halogens is 1. The van der Waals surface area contributed by atoms with Crippen LogP contribution in [-0.4, -0.2) is 60.0 Å². The Balaban J connectivity index is 1.26. The summed E-state index contributed by atoms with van der Waals surface area (Å²) in [5.74, 6) is 4.80. The SMILES string of the molecule is C#CCN(C(=O)OCCC(OC1CCCCO1)c1cc(C(=O)NCC23CC4CC(CC(C4)C2)C3)c(Cl)cn1)C(C)(C)C. The van der Waals surface area contributed by atoms with Crippen LogP contribution in [0.4, 0.5) is 4.79 Å². The van der Waals surface area contributed by atoms with E-state index in [0.29, 0.717) is 35.9 Å². The first-order valence-electron chi connectivity index (χ1n) is 15.6. The summed E-state index contributed by atoms with van der Waals surface area (Å²) in [7, 11) is 0. The molecule has 1 aliphatic heterocycles. The van der Waals surface area contributed by atoms with Crippen molar-refractivity contribution in [1.82, 2.24) is 15.2 Å². The topological polar surface area (TPSA) is 90.0 Å². The zero-order valence-electron chi connectivity index (χ0n) is 25.3. The number of carbonyl (C=O) groups excluding carboxylic acids is 2. The fourth-order valence-corrected chi connectivity index (χ4v) is 8.15. The van der Waals surface area contributed by atoms with Crippen molar-refractivity contribution in [3.8, 4) is 12.3 Å². The first kappa shape index (κ1) is 31.1. The van der Waals surface area contributed by atoms with Gasteiger partial charge in [-0.3, -0.25) is 14.7 Å². The number of nitrogens with one attached hydrogen (secondary N) is 1. The lowest BCUT2D eigenvalue weighted by molar-refractivity contribution is -0.193. The third-order valence-corrected chi connectivity index (χ3v) is 9.88. The molecule has 0 spiro atoms. The maximum absolute atomic E-state index is 13.5. The molecule has 5 fully saturated rings. The number of aromatic nitrogens is 1. The van der Waals surface area contributed by atoms with Crippen LogP contribution in [0.1, 0.15) is 107 Å². The minimum absolute atomic E-state index is 0.0885. The minimum atomic E-state index is -0.552. The number of pyridine rings is 1. The monoisotopic (exact) mass is 599 g/mol. The molecular weight excluding hydrogens is 554 g/mol. The number of terminal acetylenes is 1. The van der Waals surface area contributed by atoms with Gasteiger partial charge in [-0.1, -0.05) is 17.5 Å². The Morgan fingerprint density at radius 1 is 1.21 bits per heavy atom. The van der Waals surface area contributed by atoms with Crippen LogP contribution in [-0.2, 0) is 14.2 Å². The molecule has 0 radical (unpaired) electrons. The number of hydrogen-bond acceptors (Lipinski definition) is 6. The van der Waals surface area contributed by atoms with Gasteiger partial charge in [-0.15, -0.1) is 6.42 Å². The normalized spacial score (nSPS) is 29.0. The largest absolute Gasteiger partial charge is 0.449 e. The number of rotatable bonds is 10. The van der Waals surface area contributed by atoms with Gasteiger partial charge in [0.2, 0.25) is 0 Å². The van der Waals surface area contributed by atoms with Crippen LogP contribution in [0.15, 0.2) is 12.3 Å². The fraction of sp³-hybridized carbons (Fsp3) is 0.727. The Labute approximate surface area is 255 Å². The molecule has 1 N–H and O–H groups in total. The third kappa shape index (κ3) is 7.41. The Morgan fingerprint density at radius 2 is 1.90 bits per heavy atom. The summed E-state index contributed by atoms with van der Waals surface area (Å²) in [6, 6.07) is 1.71. The number of amides is 2. The predicted molar refractivity (Wildman–Crippen MR) is 161 cm³/mol. The third-order valence-electron chi connectivity index (χ3n) is 9.58. The van der Waals surface area contributed by atoms with Gasteiger partial charge in [0.25, 0.3) is 5.91 Å². The predicted octanol–water partition coefficient (Wildman–Crippen LogP) is 6.53. The van der Waals surface area contributed by atoms with Crippen LogP contribution in [0.2, 0.25) is 5.02 Å². The van der Waals surface area contributed by atoms with Crippen molar-refractivity contribution in [2.45, 2.75) is 103 Å². The highest BCUT2D eigenvalue weighted by atomic mass is 35.5. The molecule has 2 unspecified atom stereocenters. The minimum Gasteiger partial charge on any atom is -0.449 e. The molecule has 4 saturated carbocycles. The van der Waals surface area contributed by atoms with E-state index in [0.717, 1.165) is 37.0 Å². The molecule has 5 aliphatic rings. The van der Waals surface area contributed by atoms with Gasteiger partial charge in [0.1, 0.15) is 6.10 Å². The molecule has 6 rings (SSSR count). The first-order chi connectivity index (χ1) is 20.0. The molecule has 1 aromatic heterocycles. The van der Waals surface area contributed by atoms with Crippen molar-refractivity contribution >= 4 is 23.6 Å². The zero-order chi connectivity index (χ0) is 29.9. The van der Waals surface area contributed by atoms with E-state index in [4.69, 9.17) is 32.2 Å². The van der Waals surface area contributed by atoms with Crippen LogP contribution >= 0.6 is 11.6 Å². The number of carbonyl (C=O) groups is 2. The van der Waals surface area contributed by atoms with Crippen molar-refractivity contribution in [3.63, 3.8) is 0 Å². The maximum atomic E-state index is 13.5. The molecule has 0 aromatic carbocycles. The Bertz CT molecular complexity index is 1130. The van der Waals surface area contributed by atoms with Crippen molar-refractivity contribution < 1.29 is 23.8 Å². The maximum Gasteiger partial charge on any atom is 0.410 e. The first-order valence-corrected chi connectivity index (χ1v) is 16.0. The van der Waals surface area contributed by atoms with Crippen LogP contribution in [0.5, 0.6) is 0 Å². The van der Waals surface area contributed by atoms with Crippen LogP contribution in [0.3, 0.4) is 0 Å². The molecule has 1 aromatic rings. The summed E-state index contributed by atoms with van der Waals surface area (Å²) in [5.41, 5.74) is 0.683. The van der Waals surface area contributed by atoms with Gasteiger partial charge in [0, 0.05) is 31.3 Å². The quantitative estimate of drug-likeness (QED) is 0.308. The van der Waals surface area contributed by atoms with Gasteiger partial charge in [0.05, 0.1) is 29.4 Å². The molecule has 4 bridgehead atoms. The number of nitrogens with zero attached hydrogens (tertiary/aromatic N) is 2. The molecule has 9 heteroatoms. The van der Waals surface area contributed by atoms with Crippen molar-refractivity contribution in [1.29, 1.82) is 0 Å². The highest BCUT2D eigenvalue weighted by molar-refractivity contribution is 6.33. The summed E-state index contributed by atoms with van der Waals surface area (Å²) in [6.07, 6.45) is 16.4. The highest BCUT2D eigenvalue weighted by Crippen LogP contribution is 2.59. The second kappa shape index (κ2) is 13.1. The Kier molecular flexibility index (Phi) is 9.71. The van der Waals surface area contributed by atoms with E-state index in [1.165, 1.54) is 49.6 Å². The van der Waals surface area contributed by atoms with E-state index in [1.54, 1.807) is 6.07 Å². The van der Waals surface area contributed by atoms with Crippen LogP contribution in [0, 0.1) is 35.5 Å². The standard InChI is InChI=1S/C33H46ClN3O5/c1-5-10-37(32(2,3)4)31(39)41-12-9-28(42-29-8-6-7-11-40-29)27-16-25(26(34)20-35-27)30(38)36-21-33-17-22-13-23(18-33)15-24(14-22)19-33/h1,16,20,22-24,28-29H,6-15,17-19,21H2,2-4H3,(H,36,38). The zero-order valence-corrected chi connectivity index (χ0v) is 26.1. The fourth-order valence-electron chi connectivity index (χ4n) is 7.96. The van der Waals surface area contributed by atoms with Gasteiger partial charge in [-0.05, 0) is 108 Å². The van der Waals surface area contributed by atoms with E-state index < -0.39 is 24.0 Å². The summed E-state index contributed by atoms with van der Waals surface area (Å²) in [5, 5.41) is 3.54. The van der Waals surface area contributed by atoms with Crippen LogP contribution in [0.25, 0.3) is 0 Å². The Morgan fingerprint density at radius 3 is 2.50 bits per heavy atom. The molecule has 4 aliphatic carbocycles. The van der Waals surface area contributed by atoms with E-state index in [-0.39, 0.29) is 24.5 Å². The van der Waals surface area contributed by atoms with Gasteiger partial charge >= 0.3 is 6.09 Å². The second-order valence-electron chi connectivity index (χ2n) is 14.0. The molecule has 2 amide bonds. The lowest BCUT2D eigenvalue weighted by Crippen LogP contribution is -2.51. The van der Waals surface area contributed by atoms with Gasteiger partial charge < -0.3 is 19.5 Å². The van der Waals surface area contributed by atoms with E-state index in [1.807, 2.05) is 20.8 Å². The van der Waals surface area contributed by atoms with Crippen molar-refractivity contribution in [2.75, 3.05) is 26.3 Å². The Hall–Kier alpha value is -2.34. The summed E-state index contributed by atoms with van der Waals surface area (Å²) in [4.78, 5) is 32.4. The van der Waals surface area contributed by atoms with E-state index >= 15 is 0 Å². The molecule has 2 heterocycles. The van der Waals surface area contributed by atoms with Gasteiger partial charge in [0.15, 0.2) is 6.29 Å². The second-order valence-corrected chi connectivity index (χ2v) is 14.4. The lowest BCUT2D eigenvalue weighted by atomic mass is 9.49. The number of hydrogen-bond donors (Lipinski definition) is 1. The summed E-state index contributed by atoms with van der Waals surface area (Å²) >= 11 is 6.52. The summed E-state index contributed by atoms with van der Waals surface area (Å²) < 4.78 is 17.8. The average molecular weight is 600 g/mol. The molecule has 2 atom stereocenters. The molecule has 1 saturated heterocycles. The van der Waals surface area contributed by atoms with E-state index in [9.17, 15) is 9.59 Å². The smallest absolute Gasteiger partial charge is 0.410 e. The summed E-state index contributed by atoms with van der Waals surface area (Å²) in [6.45, 7) is 7.29. The van der Waals surface area contributed by atoms with Gasteiger partial charge in [-0.25, -0.2) is 4.79 Å². The van der Waals surface area contributed by atoms with Gasteiger partial charge in [-0.2, -0.15) is 0 Å². The van der Waals surface area contributed by atoms with Crippen LogP contribution < -0.4 is 5.32 Å². The van der Waals surface area contributed by atoms with E-state index in [2.05, 4.69) is 16.2 Å². The molecule has 230 valence electrons. The average Bonchev–Trinajstić information content (AvgIpc) is 2.93. The molecular formula is C33H46ClN3O5. The van der Waals surface area contributed by atoms with Crippen molar-refractivity contribution in [3.05, 3.63) is 28.5 Å². The lowest BCUT2D eigenvalue weighted by Gasteiger charge is -2.56. The molecule has 42 heavy (non-hydrogen) atoms.